The summed E-state index contributed by atoms with van der Waals surface area (Å²) in [5, 5.41) is 0. The van der Waals surface area contributed by atoms with Gasteiger partial charge < -0.3 is 15.0 Å². The van der Waals surface area contributed by atoms with Crippen molar-refractivity contribution in [1.82, 2.24) is 4.57 Å². The normalized spacial score (nSPS) is 10.5. The van der Waals surface area contributed by atoms with Crippen LogP contribution in [0.2, 0.25) is 0 Å². The second kappa shape index (κ2) is 5.71. The first kappa shape index (κ1) is 13.4. The quantitative estimate of drug-likeness (QED) is 0.907. The van der Waals surface area contributed by atoms with E-state index < -0.39 is 0 Å². The molecule has 2 rings (SSSR count). The summed E-state index contributed by atoms with van der Waals surface area (Å²) in [6.45, 7) is 2.86. The molecule has 0 unspecified atom stereocenters. The Hall–Kier alpha value is -2.07. The molecule has 0 saturated carbocycles. The molecule has 1 aromatic heterocycles. The van der Waals surface area contributed by atoms with E-state index in [1.165, 1.54) is 0 Å². The Balaban J connectivity index is 2.39. The van der Waals surface area contributed by atoms with Gasteiger partial charge in [0.2, 0.25) is 0 Å². The summed E-state index contributed by atoms with van der Waals surface area (Å²) in [4.78, 5) is 11.9. The van der Waals surface area contributed by atoms with Gasteiger partial charge in [-0.25, -0.2) is 0 Å². The Morgan fingerprint density at radius 1 is 1.26 bits per heavy atom. The highest BCUT2D eigenvalue weighted by atomic mass is 16.5. The van der Waals surface area contributed by atoms with Crippen molar-refractivity contribution < 1.29 is 4.74 Å². The maximum Gasteiger partial charge on any atom is 0.251 e. The fourth-order valence-electron chi connectivity index (χ4n) is 2.00. The molecular formula is C15H18N2O2. The number of methoxy groups -OCH3 is 1. The molecule has 0 bridgehead atoms. The minimum absolute atomic E-state index is 0.0137. The van der Waals surface area contributed by atoms with E-state index in [1.54, 1.807) is 23.9 Å². The van der Waals surface area contributed by atoms with E-state index in [0.29, 0.717) is 13.1 Å². The molecule has 100 valence electrons. The number of ether oxygens (including phenoxy) is 1. The van der Waals surface area contributed by atoms with Crippen molar-refractivity contribution in [2.75, 3.05) is 7.11 Å². The fourth-order valence-corrected chi connectivity index (χ4v) is 2.00. The molecular weight excluding hydrogens is 240 g/mol. The first-order valence-corrected chi connectivity index (χ1v) is 6.17. The van der Waals surface area contributed by atoms with E-state index in [4.69, 9.17) is 10.5 Å². The first-order valence-electron chi connectivity index (χ1n) is 6.17. The van der Waals surface area contributed by atoms with Crippen LogP contribution in [0.5, 0.6) is 5.75 Å². The monoisotopic (exact) mass is 258 g/mol. The second-order valence-corrected chi connectivity index (χ2v) is 4.52. The lowest BCUT2D eigenvalue weighted by molar-refractivity contribution is 0.408. The zero-order chi connectivity index (χ0) is 13.8. The van der Waals surface area contributed by atoms with Crippen LogP contribution >= 0.6 is 0 Å². The van der Waals surface area contributed by atoms with Crippen LogP contribution in [0, 0.1) is 6.92 Å². The van der Waals surface area contributed by atoms with Crippen molar-refractivity contribution in [1.29, 1.82) is 0 Å². The number of benzene rings is 1. The molecule has 0 aliphatic rings. The van der Waals surface area contributed by atoms with Crippen LogP contribution in [-0.2, 0) is 13.1 Å². The predicted octanol–water partition coefficient (Wildman–Crippen LogP) is 1.67. The Kier molecular flexibility index (Phi) is 4.02. The van der Waals surface area contributed by atoms with Gasteiger partial charge in [-0.2, -0.15) is 0 Å². The molecule has 0 fully saturated rings. The van der Waals surface area contributed by atoms with E-state index in [2.05, 4.69) is 0 Å². The Morgan fingerprint density at radius 2 is 2.05 bits per heavy atom. The lowest BCUT2D eigenvalue weighted by Gasteiger charge is -2.12. The molecule has 0 atom stereocenters. The van der Waals surface area contributed by atoms with Gasteiger partial charge in [0.05, 0.1) is 13.7 Å². The van der Waals surface area contributed by atoms with Crippen molar-refractivity contribution in [3.8, 4) is 5.75 Å². The third-order valence-electron chi connectivity index (χ3n) is 3.07. The average molecular weight is 258 g/mol. The van der Waals surface area contributed by atoms with Crippen LogP contribution in [0.25, 0.3) is 0 Å². The molecule has 0 aliphatic carbocycles. The third-order valence-corrected chi connectivity index (χ3v) is 3.07. The van der Waals surface area contributed by atoms with Crippen LogP contribution in [0.4, 0.5) is 0 Å². The second-order valence-electron chi connectivity index (χ2n) is 4.52. The predicted molar refractivity (Wildman–Crippen MR) is 75.4 cm³/mol. The third kappa shape index (κ3) is 3.03. The molecule has 0 radical (unpaired) electrons. The maximum atomic E-state index is 11.9. The molecule has 1 aromatic carbocycles. The SMILES string of the molecule is COc1ccc(CN)cc1Cn1ccc(C)cc1=O. The van der Waals surface area contributed by atoms with Gasteiger partial charge in [0.25, 0.3) is 5.56 Å². The first-order chi connectivity index (χ1) is 9.13. The summed E-state index contributed by atoms with van der Waals surface area (Å²) in [7, 11) is 1.62. The van der Waals surface area contributed by atoms with Gasteiger partial charge in [-0.05, 0) is 36.2 Å². The summed E-state index contributed by atoms with van der Waals surface area (Å²) in [6.07, 6.45) is 1.80. The number of nitrogens with two attached hydrogens (primary N) is 1. The Labute approximate surface area is 112 Å². The Morgan fingerprint density at radius 3 is 2.68 bits per heavy atom. The van der Waals surface area contributed by atoms with Crippen LogP contribution in [0.15, 0.2) is 41.3 Å². The summed E-state index contributed by atoms with van der Waals surface area (Å²) < 4.78 is 6.98. The summed E-state index contributed by atoms with van der Waals surface area (Å²) >= 11 is 0. The van der Waals surface area contributed by atoms with Crippen LogP contribution < -0.4 is 16.0 Å². The smallest absolute Gasteiger partial charge is 0.251 e. The standard InChI is InChI=1S/C15H18N2O2/c1-11-5-6-17(15(18)7-11)10-13-8-12(9-16)3-4-14(13)19-2/h3-8H,9-10,16H2,1-2H3. The lowest BCUT2D eigenvalue weighted by Crippen LogP contribution is -2.19. The van der Waals surface area contributed by atoms with Gasteiger partial charge in [0, 0.05) is 24.4 Å². The van der Waals surface area contributed by atoms with Gasteiger partial charge in [0.1, 0.15) is 5.75 Å². The maximum absolute atomic E-state index is 11.9. The van der Waals surface area contributed by atoms with Gasteiger partial charge in [-0.15, -0.1) is 0 Å². The molecule has 0 aliphatic heterocycles. The summed E-state index contributed by atoms with van der Waals surface area (Å²) in [5.74, 6) is 0.768. The number of rotatable bonds is 4. The zero-order valence-corrected chi connectivity index (χ0v) is 11.2. The molecule has 0 amide bonds. The van der Waals surface area contributed by atoms with Crippen molar-refractivity contribution in [2.45, 2.75) is 20.0 Å². The van der Waals surface area contributed by atoms with E-state index in [0.717, 1.165) is 22.4 Å². The van der Waals surface area contributed by atoms with Crippen molar-refractivity contribution in [3.05, 3.63) is 63.6 Å². The van der Waals surface area contributed by atoms with Crippen molar-refractivity contribution >= 4 is 0 Å². The van der Waals surface area contributed by atoms with E-state index in [9.17, 15) is 4.79 Å². The highest BCUT2D eigenvalue weighted by molar-refractivity contribution is 5.37. The van der Waals surface area contributed by atoms with Crippen molar-refractivity contribution in [2.24, 2.45) is 5.73 Å². The number of hydrogen-bond donors (Lipinski definition) is 1. The number of aryl methyl sites for hydroxylation is 1. The summed E-state index contributed by atoms with van der Waals surface area (Å²) in [6, 6.07) is 9.34. The van der Waals surface area contributed by atoms with Crippen LogP contribution in [0.3, 0.4) is 0 Å². The highest BCUT2D eigenvalue weighted by Gasteiger charge is 2.06. The molecule has 19 heavy (non-hydrogen) atoms. The molecule has 2 aromatic rings. The molecule has 1 heterocycles. The number of pyridine rings is 1. The number of aromatic nitrogens is 1. The number of hydrogen-bond acceptors (Lipinski definition) is 3. The minimum Gasteiger partial charge on any atom is -0.496 e. The van der Waals surface area contributed by atoms with E-state index >= 15 is 0 Å². The van der Waals surface area contributed by atoms with Gasteiger partial charge in [-0.1, -0.05) is 6.07 Å². The molecule has 0 saturated heterocycles. The molecule has 2 N–H and O–H groups in total. The van der Waals surface area contributed by atoms with Crippen LogP contribution in [-0.4, -0.2) is 11.7 Å². The summed E-state index contributed by atoms with van der Waals surface area (Å²) in [5.41, 5.74) is 8.57. The largest absolute Gasteiger partial charge is 0.496 e. The molecule has 0 spiro atoms. The minimum atomic E-state index is -0.0137. The lowest BCUT2D eigenvalue weighted by atomic mass is 10.1. The average Bonchev–Trinajstić information content (AvgIpc) is 2.41. The van der Waals surface area contributed by atoms with E-state index in [-0.39, 0.29) is 5.56 Å². The topological polar surface area (TPSA) is 57.2 Å². The van der Waals surface area contributed by atoms with E-state index in [1.807, 2.05) is 31.2 Å². The number of nitrogens with zero attached hydrogens (tertiary/aromatic N) is 1. The Bertz CT molecular complexity index is 632. The molecule has 4 nitrogen and oxygen atoms in total. The molecule has 4 heteroatoms. The zero-order valence-electron chi connectivity index (χ0n) is 11.2. The van der Waals surface area contributed by atoms with Gasteiger partial charge >= 0.3 is 0 Å². The van der Waals surface area contributed by atoms with Crippen LogP contribution in [0.1, 0.15) is 16.7 Å². The van der Waals surface area contributed by atoms with Crippen molar-refractivity contribution in [3.63, 3.8) is 0 Å². The highest BCUT2D eigenvalue weighted by Crippen LogP contribution is 2.20. The fraction of sp³-hybridized carbons (Fsp3) is 0.267. The van der Waals surface area contributed by atoms with Gasteiger partial charge in [-0.3, -0.25) is 4.79 Å². The van der Waals surface area contributed by atoms with Gasteiger partial charge in [0.15, 0.2) is 0 Å².